The average Bonchev–Trinajstić information content (AvgIpc) is 2.94. The first-order valence-electron chi connectivity index (χ1n) is 7.65. The number of hydrogen-bond acceptors (Lipinski definition) is 6. The van der Waals surface area contributed by atoms with E-state index in [2.05, 4.69) is 23.2 Å². The molecule has 3 nitrogen and oxygen atoms in total. The van der Waals surface area contributed by atoms with Crippen LogP contribution in [0.2, 0.25) is 0 Å². The van der Waals surface area contributed by atoms with E-state index in [1.54, 1.807) is 11.3 Å². The van der Waals surface area contributed by atoms with Crippen molar-refractivity contribution in [1.82, 2.24) is 4.98 Å². The maximum Gasteiger partial charge on any atom is 0.161 e. The molecule has 0 aliphatic carbocycles. The highest BCUT2D eigenvalue weighted by Crippen LogP contribution is 2.39. The average molecular weight is 374 g/mol. The zero-order valence-electron chi connectivity index (χ0n) is 13.3. The SMILES string of the molecule is CCOC(CCC([SiH3])SSc1nc2ccccc2s1)OCC. The van der Waals surface area contributed by atoms with E-state index in [0.717, 1.165) is 32.9 Å². The molecule has 7 heteroatoms. The van der Waals surface area contributed by atoms with Crippen LogP contribution in [0.3, 0.4) is 0 Å². The number of hydrogen-bond donors (Lipinski definition) is 0. The van der Waals surface area contributed by atoms with Crippen LogP contribution in [0.25, 0.3) is 10.2 Å². The summed E-state index contributed by atoms with van der Waals surface area (Å²) in [5, 5.41) is 0. The number of thiazole rings is 1. The van der Waals surface area contributed by atoms with Crippen LogP contribution in [-0.2, 0) is 9.47 Å². The third kappa shape index (κ3) is 5.86. The van der Waals surface area contributed by atoms with E-state index in [4.69, 9.17) is 9.47 Å². The van der Waals surface area contributed by atoms with Crippen LogP contribution in [0.15, 0.2) is 28.6 Å². The number of ether oxygens (including phenoxy) is 2. The van der Waals surface area contributed by atoms with E-state index in [9.17, 15) is 0 Å². The molecule has 22 heavy (non-hydrogen) atoms. The topological polar surface area (TPSA) is 31.4 Å². The Morgan fingerprint density at radius 1 is 1.18 bits per heavy atom. The Labute approximate surface area is 147 Å². The summed E-state index contributed by atoms with van der Waals surface area (Å²) in [6.07, 6.45) is 2.07. The molecule has 0 fully saturated rings. The molecule has 0 aliphatic rings. The van der Waals surface area contributed by atoms with Gasteiger partial charge in [0, 0.05) is 28.3 Å². The molecule has 0 spiro atoms. The number of para-hydroxylation sites is 1. The van der Waals surface area contributed by atoms with Crippen LogP contribution in [-0.4, -0.2) is 39.6 Å². The minimum Gasteiger partial charge on any atom is -0.353 e. The molecule has 1 heterocycles. The van der Waals surface area contributed by atoms with Gasteiger partial charge >= 0.3 is 0 Å². The second kappa shape index (κ2) is 9.95. The third-order valence-electron chi connectivity index (χ3n) is 3.07. The van der Waals surface area contributed by atoms with E-state index in [-0.39, 0.29) is 6.29 Å². The fraction of sp³-hybridized carbons (Fsp3) is 0.533. The van der Waals surface area contributed by atoms with Crippen LogP contribution in [0, 0.1) is 0 Å². The lowest BCUT2D eigenvalue weighted by atomic mass is 10.3. The van der Waals surface area contributed by atoms with Gasteiger partial charge in [0.05, 0.1) is 10.2 Å². The second-order valence-corrected chi connectivity index (χ2v) is 11.0. The minimum atomic E-state index is -0.0421. The smallest absolute Gasteiger partial charge is 0.161 e. The minimum absolute atomic E-state index is 0.0421. The first-order valence-corrected chi connectivity index (χ1v) is 11.8. The zero-order chi connectivity index (χ0) is 15.8. The highest BCUT2D eigenvalue weighted by atomic mass is 33.1. The lowest BCUT2D eigenvalue weighted by Gasteiger charge is -2.18. The zero-order valence-corrected chi connectivity index (χ0v) is 17.7. The third-order valence-corrected chi connectivity index (χ3v) is 9.67. The van der Waals surface area contributed by atoms with Crippen molar-refractivity contribution in [3.8, 4) is 0 Å². The summed E-state index contributed by atoms with van der Waals surface area (Å²) < 4.78 is 13.6. The summed E-state index contributed by atoms with van der Waals surface area (Å²) >= 11 is 1.78. The van der Waals surface area contributed by atoms with Crippen molar-refractivity contribution in [2.75, 3.05) is 13.2 Å². The van der Waals surface area contributed by atoms with E-state index in [0.29, 0.717) is 18.1 Å². The maximum absolute atomic E-state index is 5.60. The van der Waals surface area contributed by atoms with Crippen molar-refractivity contribution < 1.29 is 9.47 Å². The van der Waals surface area contributed by atoms with Crippen molar-refractivity contribution in [2.24, 2.45) is 0 Å². The molecular weight excluding hydrogens is 350 g/mol. The Hall–Kier alpha value is -0.0531. The van der Waals surface area contributed by atoms with E-state index in [1.807, 2.05) is 41.5 Å². The van der Waals surface area contributed by atoms with Gasteiger partial charge in [0.25, 0.3) is 0 Å². The number of nitrogens with zero attached hydrogens (tertiary/aromatic N) is 1. The predicted octanol–water partition coefficient (Wildman–Crippen LogP) is 3.91. The lowest BCUT2D eigenvalue weighted by molar-refractivity contribution is -0.139. The number of benzene rings is 1. The predicted molar refractivity (Wildman–Crippen MR) is 103 cm³/mol. The van der Waals surface area contributed by atoms with Gasteiger partial charge in [-0.2, -0.15) is 0 Å². The molecule has 2 aromatic rings. The van der Waals surface area contributed by atoms with Gasteiger partial charge in [0.2, 0.25) is 0 Å². The molecule has 1 atom stereocenters. The van der Waals surface area contributed by atoms with Gasteiger partial charge in [-0.1, -0.05) is 22.9 Å². The van der Waals surface area contributed by atoms with E-state index in [1.165, 1.54) is 4.70 Å². The summed E-state index contributed by atoms with van der Waals surface area (Å²) in [5.41, 5.74) is 1.10. The quantitative estimate of drug-likeness (QED) is 0.358. The summed E-state index contributed by atoms with van der Waals surface area (Å²) in [6.45, 7) is 5.46. The molecule has 0 radical (unpaired) electrons. The fourth-order valence-electron chi connectivity index (χ4n) is 2.02. The van der Waals surface area contributed by atoms with Crippen molar-refractivity contribution in [3.63, 3.8) is 0 Å². The van der Waals surface area contributed by atoms with Crippen LogP contribution < -0.4 is 0 Å². The fourth-order valence-corrected chi connectivity index (χ4v) is 6.73. The largest absolute Gasteiger partial charge is 0.353 e. The Morgan fingerprint density at radius 3 is 2.59 bits per heavy atom. The highest BCUT2D eigenvalue weighted by molar-refractivity contribution is 8.77. The Bertz CT molecular complexity index is 527. The normalized spacial score (nSPS) is 13.2. The standard InChI is InChI=1S/C15H23NO2S3Si/c1-3-17-13(18-4-2)9-10-14(22)20-21-15-16-11-7-5-6-8-12(11)19-15/h5-8,13-14H,3-4,9-10H2,1-2,22H3. The molecule has 0 N–H and O–H groups in total. The van der Waals surface area contributed by atoms with E-state index < -0.39 is 0 Å². The molecule has 0 aliphatic heterocycles. The summed E-state index contributed by atoms with van der Waals surface area (Å²) in [7, 11) is 4.91. The van der Waals surface area contributed by atoms with Gasteiger partial charge < -0.3 is 9.47 Å². The monoisotopic (exact) mass is 373 g/mol. The molecule has 0 bridgehead atoms. The van der Waals surface area contributed by atoms with E-state index >= 15 is 0 Å². The number of rotatable bonds is 10. The molecule has 122 valence electrons. The summed E-state index contributed by atoms with van der Waals surface area (Å²) in [4.78, 5) is 5.35. The molecule has 1 unspecified atom stereocenters. The van der Waals surface area contributed by atoms with Gasteiger partial charge in [0.1, 0.15) is 0 Å². The van der Waals surface area contributed by atoms with Crippen molar-refractivity contribution >= 4 is 53.4 Å². The molecule has 0 amide bonds. The molecule has 0 saturated heterocycles. The van der Waals surface area contributed by atoms with Crippen LogP contribution >= 0.6 is 32.9 Å². The summed E-state index contributed by atoms with van der Waals surface area (Å²) in [5.74, 6) is 0. The first kappa shape index (κ1) is 18.3. The van der Waals surface area contributed by atoms with Crippen molar-refractivity contribution in [2.45, 2.75) is 42.2 Å². The van der Waals surface area contributed by atoms with Gasteiger partial charge in [-0.05, 0) is 49.6 Å². The van der Waals surface area contributed by atoms with Crippen LogP contribution in [0.5, 0.6) is 0 Å². The van der Waals surface area contributed by atoms with Gasteiger partial charge in [0.15, 0.2) is 10.6 Å². The number of aromatic nitrogens is 1. The molecular formula is C15H23NO2S3Si. The summed E-state index contributed by atoms with van der Waals surface area (Å²) in [6, 6.07) is 8.32. The van der Waals surface area contributed by atoms with Gasteiger partial charge in [-0.25, -0.2) is 4.98 Å². The van der Waals surface area contributed by atoms with Gasteiger partial charge in [-0.3, -0.25) is 0 Å². The Kier molecular flexibility index (Phi) is 8.27. The molecule has 0 saturated carbocycles. The molecule has 1 aromatic carbocycles. The molecule has 2 rings (SSSR count). The second-order valence-electron chi connectivity index (χ2n) is 4.86. The van der Waals surface area contributed by atoms with Crippen molar-refractivity contribution in [1.29, 1.82) is 0 Å². The lowest BCUT2D eigenvalue weighted by Crippen LogP contribution is -2.19. The highest BCUT2D eigenvalue weighted by Gasteiger charge is 2.13. The Balaban J connectivity index is 1.75. The molecule has 1 aromatic heterocycles. The number of fused-ring (bicyclic) bond motifs is 1. The van der Waals surface area contributed by atoms with Crippen LogP contribution in [0.1, 0.15) is 26.7 Å². The Morgan fingerprint density at radius 2 is 1.91 bits per heavy atom. The maximum atomic E-state index is 5.60. The van der Waals surface area contributed by atoms with Crippen molar-refractivity contribution in [3.05, 3.63) is 24.3 Å². The first-order chi connectivity index (χ1) is 10.7. The van der Waals surface area contributed by atoms with Crippen LogP contribution in [0.4, 0.5) is 0 Å². The van der Waals surface area contributed by atoms with Gasteiger partial charge in [-0.15, -0.1) is 11.3 Å².